The highest BCUT2D eigenvalue weighted by atomic mass is 35.5. The standard InChI is InChI=1S/C18H19ClN2O/c19-15-9-4-3-8-14(15)16-10-7-11-17(20-16)18(22)21-12-5-1-2-6-13-21/h3-4,7-11H,1-2,5-6,12-13H2. The molecule has 1 aromatic carbocycles. The third-order valence-corrected chi connectivity index (χ3v) is 4.34. The minimum absolute atomic E-state index is 0.0239. The minimum Gasteiger partial charge on any atom is -0.337 e. The van der Waals surface area contributed by atoms with Gasteiger partial charge in [-0.25, -0.2) is 4.98 Å². The number of carbonyl (C=O) groups is 1. The number of likely N-dealkylation sites (tertiary alicyclic amines) is 1. The summed E-state index contributed by atoms with van der Waals surface area (Å²) < 4.78 is 0. The molecule has 1 aromatic heterocycles. The summed E-state index contributed by atoms with van der Waals surface area (Å²) in [5, 5.41) is 0.648. The van der Waals surface area contributed by atoms with Crippen LogP contribution in [0.15, 0.2) is 42.5 Å². The third-order valence-electron chi connectivity index (χ3n) is 4.01. The maximum atomic E-state index is 12.7. The molecule has 2 heterocycles. The molecule has 0 spiro atoms. The van der Waals surface area contributed by atoms with Gasteiger partial charge in [0, 0.05) is 23.7 Å². The smallest absolute Gasteiger partial charge is 0.272 e. The van der Waals surface area contributed by atoms with E-state index in [1.54, 1.807) is 6.07 Å². The van der Waals surface area contributed by atoms with Crippen LogP contribution in [0.3, 0.4) is 0 Å². The van der Waals surface area contributed by atoms with Gasteiger partial charge in [-0.05, 0) is 31.0 Å². The topological polar surface area (TPSA) is 33.2 Å². The molecule has 1 fully saturated rings. The predicted molar refractivity (Wildman–Crippen MR) is 89.1 cm³/mol. The van der Waals surface area contributed by atoms with Gasteiger partial charge < -0.3 is 4.90 Å². The van der Waals surface area contributed by atoms with Crippen LogP contribution in [0.2, 0.25) is 5.02 Å². The number of hydrogen-bond donors (Lipinski definition) is 0. The van der Waals surface area contributed by atoms with Gasteiger partial charge in [-0.1, -0.05) is 48.7 Å². The van der Waals surface area contributed by atoms with Crippen molar-refractivity contribution in [3.05, 3.63) is 53.2 Å². The zero-order valence-electron chi connectivity index (χ0n) is 12.5. The molecule has 0 unspecified atom stereocenters. The normalized spacial score (nSPS) is 15.4. The van der Waals surface area contributed by atoms with Gasteiger partial charge in [-0.2, -0.15) is 0 Å². The molecule has 114 valence electrons. The summed E-state index contributed by atoms with van der Waals surface area (Å²) in [6.07, 6.45) is 4.57. The number of hydrogen-bond acceptors (Lipinski definition) is 2. The molecular weight excluding hydrogens is 296 g/mol. The summed E-state index contributed by atoms with van der Waals surface area (Å²) in [5.74, 6) is 0.0239. The summed E-state index contributed by atoms with van der Waals surface area (Å²) in [6.45, 7) is 1.66. The molecule has 2 aromatic rings. The van der Waals surface area contributed by atoms with Crippen LogP contribution in [-0.2, 0) is 0 Å². The molecule has 1 saturated heterocycles. The van der Waals surface area contributed by atoms with E-state index in [4.69, 9.17) is 11.6 Å². The zero-order valence-corrected chi connectivity index (χ0v) is 13.2. The van der Waals surface area contributed by atoms with E-state index in [0.29, 0.717) is 10.7 Å². The molecule has 1 aliphatic heterocycles. The van der Waals surface area contributed by atoms with Gasteiger partial charge in [0.1, 0.15) is 5.69 Å². The van der Waals surface area contributed by atoms with Crippen LogP contribution in [0, 0.1) is 0 Å². The average Bonchev–Trinajstić information content (AvgIpc) is 2.84. The SMILES string of the molecule is O=C(c1cccc(-c2ccccc2Cl)n1)N1CCCCCC1. The number of halogens is 1. The number of rotatable bonds is 2. The van der Waals surface area contributed by atoms with Gasteiger partial charge >= 0.3 is 0 Å². The molecule has 1 amide bonds. The summed E-state index contributed by atoms with van der Waals surface area (Å²) in [4.78, 5) is 19.1. The second-order valence-corrected chi connectivity index (χ2v) is 6.00. The van der Waals surface area contributed by atoms with Crippen LogP contribution >= 0.6 is 11.6 Å². The average molecular weight is 315 g/mol. The first-order valence-corrected chi connectivity index (χ1v) is 8.15. The monoisotopic (exact) mass is 314 g/mol. The van der Waals surface area contributed by atoms with Crippen molar-refractivity contribution in [2.24, 2.45) is 0 Å². The van der Waals surface area contributed by atoms with E-state index in [0.717, 1.165) is 37.2 Å². The first-order valence-electron chi connectivity index (χ1n) is 7.77. The lowest BCUT2D eigenvalue weighted by atomic mass is 10.1. The van der Waals surface area contributed by atoms with Gasteiger partial charge in [0.15, 0.2) is 0 Å². The van der Waals surface area contributed by atoms with Crippen LogP contribution in [-0.4, -0.2) is 28.9 Å². The van der Waals surface area contributed by atoms with E-state index < -0.39 is 0 Å². The first kappa shape index (κ1) is 15.0. The van der Waals surface area contributed by atoms with Crippen molar-refractivity contribution < 1.29 is 4.79 Å². The molecule has 0 saturated carbocycles. The Labute approximate surface area is 135 Å². The Bertz CT molecular complexity index is 664. The van der Waals surface area contributed by atoms with E-state index in [-0.39, 0.29) is 5.91 Å². The molecule has 22 heavy (non-hydrogen) atoms. The highest BCUT2D eigenvalue weighted by molar-refractivity contribution is 6.33. The zero-order chi connectivity index (χ0) is 15.4. The lowest BCUT2D eigenvalue weighted by Gasteiger charge is -2.20. The molecule has 0 aliphatic carbocycles. The molecule has 0 N–H and O–H groups in total. The number of pyridine rings is 1. The summed E-state index contributed by atoms with van der Waals surface area (Å²) in [7, 11) is 0. The van der Waals surface area contributed by atoms with E-state index in [1.807, 2.05) is 41.3 Å². The Morgan fingerprint density at radius 2 is 1.68 bits per heavy atom. The molecule has 1 aliphatic rings. The number of carbonyl (C=O) groups excluding carboxylic acids is 1. The van der Waals surface area contributed by atoms with Gasteiger partial charge in [0.05, 0.1) is 5.69 Å². The second kappa shape index (κ2) is 6.93. The fourth-order valence-electron chi connectivity index (χ4n) is 2.81. The molecule has 0 atom stereocenters. The highest BCUT2D eigenvalue weighted by Gasteiger charge is 2.19. The maximum absolute atomic E-state index is 12.7. The molecule has 0 radical (unpaired) electrons. The van der Waals surface area contributed by atoms with Crippen LogP contribution in [0.25, 0.3) is 11.3 Å². The predicted octanol–water partition coefficient (Wildman–Crippen LogP) is 4.42. The first-order chi connectivity index (χ1) is 10.8. The van der Waals surface area contributed by atoms with Crippen molar-refractivity contribution in [1.82, 2.24) is 9.88 Å². The van der Waals surface area contributed by atoms with E-state index in [2.05, 4.69) is 4.98 Å². The largest absolute Gasteiger partial charge is 0.337 e. The number of aromatic nitrogens is 1. The van der Waals surface area contributed by atoms with Gasteiger partial charge in [0.25, 0.3) is 5.91 Å². The summed E-state index contributed by atoms with van der Waals surface area (Å²) >= 11 is 6.23. The Morgan fingerprint density at radius 3 is 2.41 bits per heavy atom. The Hall–Kier alpha value is -1.87. The van der Waals surface area contributed by atoms with Gasteiger partial charge in [-0.15, -0.1) is 0 Å². The van der Waals surface area contributed by atoms with Gasteiger partial charge in [0.2, 0.25) is 0 Å². The van der Waals surface area contributed by atoms with Gasteiger partial charge in [-0.3, -0.25) is 4.79 Å². The van der Waals surface area contributed by atoms with Crippen molar-refractivity contribution in [2.75, 3.05) is 13.1 Å². The molecular formula is C18H19ClN2O. The quantitative estimate of drug-likeness (QED) is 0.822. The van der Waals surface area contributed by atoms with Crippen molar-refractivity contribution >= 4 is 17.5 Å². The molecule has 3 nitrogen and oxygen atoms in total. The fraction of sp³-hybridized carbons (Fsp3) is 0.333. The van der Waals surface area contributed by atoms with Crippen LogP contribution in [0.4, 0.5) is 0 Å². The molecule has 3 rings (SSSR count). The molecule has 4 heteroatoms. The second-order valence-electron chi connectivity index (χ2n) is 5.59. The summed E-state index contributed by atoms with van der Waals surface area (Å²) in [6, 6.07) is 13.1. The number of amides is 1. The van der Waals surface area contributed by atoms with Crippen LogP contribution in [0.1, 0.15) is 36.2 Å². The lowest BCUT2D eigenvalue weighted by molar-refractivity contribution is 0.0756. The van der Waals surface area contributed by atoms with E-state index >= 15 is 0 Å². The van der Waals surface area contributed by atoms with E-state index in [9.17, 15) is 4.79 Å². The molecule has 0 bridgehead atoms. The van der Waals surface area contributed by atoms with Crippen molar-refractivity contribution in [1.29, 1.82) is 0 Å². The van der Waals surface area contributed by atoms with Crippen molar-refractivity contribution in [3.63, 3.8) is 0 Å². The number of benzene rings is 1. The fourth-order valence-corrected chi connectivity index (χ4v) is 3.04. The van der Waals surface area contributed by atoms with Crippen molar-refractivity contribution in [3.8, 4) is 11.3 Å². The van der Waals surface area contributed by atoms with E-state index in [1.165, 1.54) is 12.8 Å². The van der Waals surface area contributed by atoms with Crippen molar-refractivity contribution in [2.45, 2.75) is 25.7 Å². The Morgan fingerprint density at radius 1 is 0.955 bits per heavy atom. The summed E-state index contributed by atoms with van der Waals surface area (Å²) in [5.41, 5.74) is 2.10. The van der Waals surface area contributed by atoms with Crippen LogP contribution in [0.5, 0.6) is 0 Å². The lowest BCUT2D eigenvalue weighted by Crippen LogP contribution is -2.32. The minimum atomic E-state index is 0.0239. The highest BCUT2D eigenvalue weighted by Crippen LogP contribution is 2.26. The third kappa shape index (κ3) is 3.30. The van der Waals surface area contributed by atoms with Crippen LogP contribution < -0.4 is 0 Å². The Balaban J connectivity index is 1.87. The Kier molecular flexibility index (Phi) is 4.74. The number of nitrogens with zero attached hydrogens (tertiary/aromatic N) is 2. The maximum Gasteiger partial charge on any atom is 0.272 e.